The average molecular weight is 730 g/mol. The number of likely N-dealkylation sites (tertiary alicyclic amines) is 1. The maximum Gasteiger partial charge on any atom is 0.435 e. The Morgan fingerprint density at radius 2 is 1.74 bits per heavy atom. The molecule has 50 heavy (non-hydrogen) atoms. The van der Waals surface area contributed by atoms with Gasteiger partial charge in [-0.2, -0.15) is 18.3 Å². The Hall–Kier alpha value is -4.78. The van der Waals surface area contributed by atoms with Gasteiger partial charge in [0.25, 0.3) is 24.2 Å². The third-order valence-electron chi connectivity index (χ3n) is 8.67. The van der Waals surface area contributed by atoms with Crippen molar-refractivity contribution in [1.29, 1.82) is 0 Å². The molecule has 1 unspecified atom stereocenters. The van der Waals surface area contributed by atoms with Gasteiger partial charge in [-0.25, -0.2) is 18.6 Å². The fourth-order valence-corrected chi connectivity index (χ4v) is 6.07. The first-order chi connectivity index (χ1) is 23.5. The Morgan fingerprint density at radius 1 is 1.10 bits per heavy atom. The predicted octanol–water partition coefficient (Wildman–Crippen LogP) is 3.88. The molecule has 270 valence electrons. The number of carbonyl (C=O) groups excluding carboxylic acids is 3. The molecule has 3 aromatic rings. The van der Waals surface area contributed by atoms with Crippen LogP contribution in [-0.4, -0.2) is 90.8 Å². The first-order valence-corrected chi connectivity index (χ1v) is 15.8. The molecule has 3 aliphatic rings. The highest BCUT2D eigenvalue weighted by molar-refractivity contribution is 6.34. The quantitative estimate of drug-likeness (QED) is 0.179. The smallest absolute Gasteiger partial charge is 0.435 e. The number of halogens is 6. The van der Waals surface area contributed by atoms with Gasteiger partial charge in [-0.3, -0.25) is 19.1 Å². The largest absolute Gasteiger partial charge is 0.483 e. The van der Waals surface area contributed by atoms with Gasteiger partial charge in [0, 0.05) is 56.6 Å². The first kappa shape index (κ1) is 36.5. The highest BCUT2D eigenvalue weighted by Crippen LogP contribution is 2.53. The fourth-order valence-electron chi connectivity index (χ4n) is 5.80. The molecule has 1 aliphatic heterocycles. The summed E-state index contributed by atoms with van der Waals surface area (Å²) in [4.78, 5) is 52.5. The second kappa shape index (κ2) is 14.2. The Morgan fingerprint density at radius 3 is 2.30 bits per heavy atom. The zero-order chi connectivity index (χ0) is 36.5. The number of benzene rings is 1. The van der Waals surface area contributed by atoms with E-state index in [0.29, 0.717) is 30.6 Å². The first-order valence-electron chi connectivity index (χ1n) is 15.4. The van der Waals surface area contributed by atoms with Crippen LogP contribution >= 0.6 is 11.6 Å². The summed E-state index contributed by atoms with van der Waals surface area (Å²) in [6.45, 7) is 0.693. The van der Waals surface area contributed by atoms with Gasteiger partial charge in [-0.05, 0) is 43.9 Å². The van der Waals surface area contributed by atoms with Crippen molar-refractivity contribution in [2.24, 2.45) is 12.8 Å². The molecular formula is C30H33ClF5N9O5. The van der Waals surface area contributed by atoms with Crippen molar-refractivity contribution in [2.75, 3.05) is 18.4 Å². The minimum absolute atomic E-state index is 0.0375. The number of aromatic nitrogens is 4. The van der Waals surface area contributed by atoms with Gasteiger partial charge in [0.05, 0.1) is 28.0 Å². The summed E-state index contributed by atoms with van der Waals surface area (Å²) in [5.74, 6) is -4.65. The summed E-state index contributed by atoms with van der Waals surface area (Å²) < 4.78 is 70.0. The molecule has 1 atom stereocenters. The second-order valence-electron chi connectivity index (χ2n) is 12.2. The number of nitrogens with one attached hydrogen (secondary N) is 3. The molecule has 1 aromatic carbocycles. The zero-order valence-corrected chi connectivity index (χ0v) is 27.1. The van der Waals surface area contributed by atoms with Gasteiger partial charge in [0.2, 0.25) is 0 Å². The molecule has 0 spiro atoms. The van der Waals surface area contributed by atoms with Crippen LogP contribution in [0.4, 0.5) is 32.4 Å². The van der Waals surface area contributed by atoms with Crippen LogP contribution in [0.25, 0.3) is 11.3 Å². The van der Waals surface area contributed by atoms with E-state index < -0.39 is 47.6 Å². The van der Waals surface area contributed by atoms with Crippen molar-refractivity contribution in [2.45, 2.75) is 68.4 Å². The number of piperidine rings is 1. The highest BCUT2D eigenvalue weighted by atomic mass is 35.5. The fraction of sp³-hybridized carbons (Fsp3) is 0.467. The molecule has 2 saturated carbocycles. The number of carbonyl (C=O) groups is 4. The Kier molecular flexibility index (Phi) is 10.4. The zero-order valence-electron chi connectivity index (χ0n) is 26.4. The van der Waals surface area contributed by atoms with Gasteiger partial charge in [-0.15, -0.1) is 0 Å². The minimum atomic E-state index is -4.94. The number of rotatable bonds is 7. The lowest BCUT2D eigenvalue weighted by atomic mass is 9.88. The van der Waals surface area contributed by atoms with Crippen LogP contribution in [0, 0.1) is 0 Å². The average Bonchev–Trinajstić information content (AvgIpc) is 3.31. The molecule has 2 aliphatic carbocycles. The van der Waals surface area contributed by atoms with Crippen LogP contribution in [0.5, 0.6) is 0 Å². The highest BCUT2D eigenvalue weighted by Gasteiger charge is 2.59. The summed E-state index contributed by atoms with van der Waals surface area (Å²) in [5.41, 5.74) is 4.09. The van der Waals surface area contributed by atoms with E-state index in [1.807, 2.05) is 0 Å². The molecule has 4 amide bonds. The molecule has 6 rings (SSSR count). The van der Waals surface area contributed by atoms with Gasteiger partial charge in [0.15, 0.2) is 11.5 Å². The molecule has 0 radical (unpaired) electrons. The van der Waals surface area contributed by atoms with Crippen molar-refractivity contribution in [3.8, 4) is 11.3 Å². The molecule has 1 saturated heterocycles. The van der Waals surface area contributed by atoms with Crippen LogP contribution in [0.15, 0.2) is 30.6 Å². The maximum absolute atomic E-state index is 13.7. The number of anilines is 1. The number of hydrogen-bond donors (Lipinski definition) is 5. The summed E-state index contributed by atoms with van der Waals surface area (Å²) in [7, 11) is 1.31. The van der Waals surface area contributed by atoms with E-state index in [1.165, 1.54) is 25.2 Å². The Bertz CT molecular complexity index is 1770. The summed E-state index contributed by atoms with van der Waals surface area (Å²) in [6.07, 6.45) is -1.03. The number of hydrogen-bond acceptors (Lipinski definition) is 7. The molecule has 20 heteroatoms. The van der Waals surface area contributed by atoms with E-state index in [-0.39, 0.29) is 58.4 Å². The van der Waals surface area contributed by atoms with Gasteiger partial charge in [-0.1, -0.05) is 11.6 Å². The Labute approximate surface area is 286 Å². The monoisotopic (exact) mass is 729 g/mol. The van der Waals surface area contributed by atoms with Crippen LogP contribution < -0.4 is 21.7 Å². The standard InChI is InChI=1S/C29H31ClF5N9O3.CH2O2/c1-42-21(19-13-44(22-11-28(22,31)32)41-23(19)29(33,34)35)12-37-24(42)26(46)39-16-2-3-18(20(30)10-16)25(45)38-15-4-6-43(7-5-15)27(47)40-17-8-14(36)9-17;2-1-3/h2-3,10,12-15,17,22H,4-9,11,36H2,1H3,(H,38,45)(H,39,46)(H,40,47);1H,(H,2,3). The lowest BCUT2D eigenvalue weighted by Crippen LogP contribution is -2.56. The SMILES string of the molecule is Cn1c(-c2cn(C3CC3(F)F)nc2C(F)(F)F)cnc1C(=O)Nc1ccc(C(=O)NC2CCN(C(=O)NC3CC(N)C3)CC2)c(Cl)c1.O=CO. The van der Waals surface area contributed by atoms with E-state index in [9.17, 15) is 36.3 Å². The van der Waals surface area contributed by atoms with Crippen molar-refractivity contribution < 1.29 is 46.2 Å². The van der Waals surface area contributed by atoms with Crippen LogP contribution in [0.1, 0.15) is 64.8 Å². The second-order valence-corrected chi connectivity index (χ2v) is 12.7. The van der Waals surface area contributed by atoms with Crippen molar-refractivity contribution >= 4 is 41.6 Å². The maximum atomic E-state index is 13.7. The molecule has 0 bridgehead atoms. The topological polar surface area (TPSA) is 190 Å². The molecule has 2 aromatic heterocycles. The number of nitrogens with two attached hydrogens (primary N) is 1. The number of carboxylic acid groups (broad SMARTS) is 1. The third kappa shape index (κ3) is 7.99. The van der Waals surface area contributed by atoms with Crippen molar-refractivity contribution in [1.82, 2.24) is 34.9 Å². The number of nitrogens with zero attached hydrogens (tertiary/aromatic N) is 5. The number of amides is 4. The van der Waals surface area contributed by atoms with Gasteiger partial charge in [0.1, 0.15) is 6.04 Å². The lowest BCUT2D eigenvalue weighted by molar-refractivity contribution is -0.141. The molecule has 14 nitrogen and oxygen atoms in total. The van der Waals surface area contributed by atoms with E-state index in [4.69, 9.17) is 27.2 Å². The van der Waals surface area contributed by atoms with Crippen LogP contribution in [-0.2, 0) is 18.0 Å². The lowest BCUT2D eigenvalue weighted by Gasteiger charge is -2.37. The van der Waals surface area contributed by atoms with E-state index >= 15 is 0 Å². The predicted molar refractivity (Wildman–Crippen MR) is 168 cm³/mol. The molecular weight excluding hydrogens is 697 g/mol. The van der Waals surface area contributed by atoms with Crippen molar-refractivity contribution in [3.63, 3.8) is 0 Å². The van der Waals surface area contributed by atoms with Crippen LogP contribution in [0.3, 0.4) is 0 Å². The normalized spacial score (nSPS) is 21.3. The van der Waals surface area contributed by atoms with E-state index in [0.717, 1.165) is 29.8 Å². The number of alkyl halides is 5. The van der Waals surface area contributed by atoms with E-state index in [1.54, 1.807) is 4.90 Å². The minimum Gasteiger partial charge on any atom is -0.483 e. The summed E-state index contributed by atoms with van der Waals surface area (Å²) in [5, 5.41) is 18.7. The van der Waals surface area contributed by atoms with E-state index in [2.05, 4.69) is 26.0 Å². The van der Waals surface area contributed by atoms with Gasteiger partial charge < -0.3 is 36.3 Å². The molecule has 3 heterocycles. The number of urea groups is 1. The number of imidazole rings is 1. The summed E-state index contributed by atoms with van der Waals surface area (Å²) in [6, 6.07) is 2.62. The Balaban J connectivity index is 0.00000156. The van der Waals surface area contributed by atoms with Crippen molar-refractivity contribution in [3.05, 3.63) is 52.7 Å². The van der Waals surface area contributed by atoms with Gasteiger partial charge >= 0.3 is 12.2 Å². The molecule has 3 fully saturated rings. The molecule has 6 N–H and O–H groups in total. The summed E-state index contributed by atoms with van der Waals surface area (Å²) >= 11 is 6.37. The third-order valence-corrected chi connectivity index (χ3v) is 8.98. The van der Waals surface area contributed by atoms with Crippen LogP contribution in [0.2, 0.25) is 5.02 Å².